The monoisotopic (exact) mass is 846 g/mol. The minimum Gasteiger partial charge on any atom is -0.508 e. The first-order chi connectivity index (χ1) is 31.2. The molecule has 2 aliphatic carbocycles. The van der Waals surface area contributed by atoms with E-state index in [9.17, 15) is 14.7 Å². The van der Waals surface area contributed by atoms with Crippen LogP contribution in [-0.4, -0.2) is 38.7 Å². The number of nitrogens with zero attached hydrogens (tertiary/aromatic N) is 3. The van der Waals surface area contributed by atoms with Crippen molar-refractivity contribution in [3.8, 4) is 23.0 Å². The molecule has 64 heavy (non-hydrogen) atoms. The van der Waals surface area contributed by atoms with Crippen molar-refractivity contribution in [2.75, 3.05) is 10.3 Å². The maximum atomic E-state index is 15.6. The van der Waals surface area contributed by atoms with Crippen LogP contribution >= 0.6 is 0 Å². The third-order valence-electron chi connectivity index (χ3n) is 13.6. The minimum absolute atomic E-state index is 0.118. The zero-order chi connectivity index (χ0) is 43.7. The Morgan fingerprint density at radius 1 is 0.781 bits per heavy atom. The van der Waals surface area contributed by atoms with Gasteiger partial charge in [0, 0.05) is 23.1 Å². The van der Waals surface area contributed by atoms with Gasteiger partial charge in [-0.1, -0.05) is 108 Å². The summed E-state index contributed by atoms with van der Waals surface area (Å²) in [4.78, 5) is 66.0. The highest BCUT2D eigenvalue weighted by molar-refractivity contribution is 6.22. The van der Waals surface area contributed by atoms with Gasteiger partial charge in [0.25, 0.3) is 11.8 Å². The number of nitrogens with one attached hydrogen (secondary N) is 1. The predicted molar refractivity (Wildman–Crippen MR) is 240 cm³/mol. The molecule has 11 rings (SSSR count). The predicted octanol–water partition coefficient (Wildman–Crippen LogP) is 9.28. The first kappa shape index (κ1) is 39.1. The van der Waals surface area contributed by atoms with Crippen LogP contribution in [0.1, 0.15) is 41.0 Å². The summed E-state index contributed by atoms with van der Waals surface area (Å²) in [6.45, 7) is 2.23. The fourth-order valence-electron chi connectivity index (χ4n) is 10.7. The van der Waals surface area contributed by atoms with Crippen molar-refractivity contribution >= 4 is 46.1 Å². The molecule has 1 saturated carbocycles. The molecule has 2 saturated heterocycles. The van der Waals surface area contributed by atoms with Crippen LogP contribution in [0.3, 0.4) is 0 Å². The number of phenols is 1. The number of aryl methyl sites for hydroxylation is 1. The van der Waals surface area contributed by atoms with Crippen molar-refractivity contribution in [3.05, 3.63) is 186 Å². The second-order valence-corrected chi connectivity index (χ2v) is 17.1. The fourth-order valence-corrected chi connectivity index (χ4v) is 10.7. The van der Waals surface area contributed by atoms with Crippen molar-refractivity contribution in [1.82, 2.24) is 9.99 Å². The van der Waals surface area contributed by atoms with Crippen LogP contribution in [0.15, 0.2) is 168 Å². The number of fused-ring (bicyclic) bond motifs is 5. The highest BCUT2D eigenvalue weighted by atomic mass is 16.5. The average molecular weight is 847 g/mol. The smallest absolute Gasteiger partial charge is 0.260 e. The highest BCUT2D eigenvalue weighted by Crippen LogP contribution is 2.65. The molecule has 6 aromatic carbocycles. The third-order valence-corrected chi connectivity index (χ3v) is 13.6. The molecule has 1 aromatic heterocycles. The Morgan fingerprint density at radius 2 is 1.50 bits per heavy atom. The molecule has 316 valence electrons. The summed E-state index contributed by atoms with van der Waals surface area (Å²) >= 11 is 0. The lowest BCUT2D eigenvalue weighted by atomic mass is 9.49. The number of anilines is 2. The maximum Gasteiger partial charge on any atom is 0.260 e. The van der Waals surface area contributed by atoms with Gasteiger partial charge in [-0.05, 0) is 91.4 Å². The van der Waals surface area contributed by atoms with Gasteiger partial charge in [0.05, 0.1) is 34.5 Å². The molecule has 3 heterocycles. The number of hydrogen-bond acceptors (Lipinski definition) is 9. The van der Waals surface area contributed by atoms with Gasteiger partial charge in [-0.25, -0.2) is 4.98 Å². The van der Waals surface area contributed by atoms with Gasteiger partial charge in [0.1, 0.15) is 23.6 Å². The number of allylic oxidation sites excluding steroid dienone is 2. The lowest BCUT2D eigenvalue weighted by molar-refractivity contribution is -0.138. The quantitative estimate of drug-likeness (QED) is 0.107. The Hall–Kier alpha value is -7.79. The van der Waals surface area contributed by atoms with Gasteiger partial charge >= 0.3 is 0 Å². The standard InChI is InChI=1S/C53H42N4O7/c1-31-16-20-35(21-17-31)55-57-50(60)42-29-41-38(26-27-40-46(41)51(61)56(49(40)59)36-22-18-33(19-23-36)48-54-43-14-8-9-15-45(43)64-48)47(53(42,52(57)62)34-12-6-3-7-13-34)39-25-24-37(28-44(39)58)63-30-32-10-4-2-5-11-32/h2-26,28,40-42,46-47,55,58H,27,29-30H2,1H3. The van der Waals surface area contributed by atoms with Crippen molar-refractivity contribution < 1.29 is 33.4 Å². The average Bonchev–Trinajstić information content (AvgIpc) is 3.94. The topological polar surface area (TPSA) is 142 Å². The summed E-state index contributed by atoms with van der Waals surface area (Å²) in [5.41, 5.74) is 8.36. The van der Waals surface area contributed by atoms with E-state index in [1.54, 1.807) is 42.5 Å². The van der Waals surface area contributed by atoms with E-state index in [2.05, 4.69) is 10.4 Å². The summed E-state index contributed by atoms with van der Waals surface area (Å²) < 4.78 is 12.1. The molecule has 3 fully saturated rings. The van der Waals surface area contributed by atoms with Gasteiger partial charge < -0.3 is 14.3 Å². The molecule has 11 nitrogen and oxygen atoms in total. The van der Waals surface area contributed by atoms with Crippen LogP contribution in [0, 0.1) is 30.6 Å². The van der Waals surface area contributed by atoms with Crippen LogP contribution in [0.4, 0.5) is 11.4 Å². The van der Waals surface area contributed by atoms with Gasteiger partial charge in [-0.2, -0.15) is 5.01 Å². The number of amides is 4. The van der Waals surface area contributed by atoms with Crippen molar-refractivity contribution in [1.29, 1.82) is 0 Å². The van der Waals surface area contributed by atoms with Crippen LogP contribution < -0.4 is 15.1 Å². The number of ether oxygens (including phenoxy) is 1. The van der Waals surface area contributed by atoms with E-state index in [1.807, 2.05) is 122 Å². The number of hydrazine groups is 1. The number of para-hydroxylation sites is 2. The number of aromatic hydroxyl groups is 1. The maximum absolute atomic E-state index is 15.6. The molecular weight excluding hydrogens is 805 g/mol. The van der Waals surface area contributed by atoms with Gasteiger partial charge in [-0.15, -0.1) is 0 Å². The second kappa shape index (κ2) is 15.2. The fraction of sp³-hybridized carbons (Fsp3) is 0.189. The Labute approximate surface area is 368 Å². The van der Waals surface area contributed by atoms with Gasteiger partial charge in [-0.3, -0.25) is 29.5 Å². The Kier molecular flexibility index (Phi) is 9.30. The molecule has 2 N–H and O–H groups in total. The molecule has 2 aliphatic heterocycles. The number of oxazole rings is 1. The molecule has 0 spiro atoms. The number of imide groups is 2. The largest absolute Gasteiger partial charge is 0.508 e. The number of carbonyl (C=O) groups is 4. The van der Waals surface area contributed by atoms with Crippen molar-refractivity contribution in [2.24, 2.45) is 23.7 Å². The summed E-state index contributed by atoms with van der Waals surface area (Å²) in [7, 11) is 0. The van der Waals surface area contributed by atoms with Crippen molar-refractivity contribution in [2.45, 2.75) is 37.7 Å². The van der Waals surface area contributed by atoms with E-state index in [4.69, 9.17) is 9.15 Å². The highest BCUT2D eigenvalue weighted by Gasteiger charge is 2.70. The number of rotatable bonds is 9. The molecule has 0 radical (unpaired) electrons. The van der Waals surface area contributed by atoms with Crippen LogP contribution in [0.2, 0.25) is 0 Å². The molecule has 7 aromatic rings. The third kappa shape index (κ3) is 6.13. The summed E-state index contributed by atoms with van der Waals surface area (Å²) in [5, 5.41) is 13.3. The van der Waals surface area contributed by atoms with E-state index < -0.39 is 46.8 Å². The molecule has 4 amide bonds. The first-order valence-corrected chi connectivity index (χ1v) is 21.5. The SMILES string of the molecule is Cc1ccc(NN2C(=O)C3CC4C(=CCC5C(=O)N(c6ccc(-c7nc8ccccc8o7)cc6)C(=O)C54)C(c4ccc(OCc5ccccc5)cc4O)C3(c3ccccc3)C2=O)cc1. The second-order valence-electron chi connectivity index (χ2n) is 17.1. The lowest BCUT2D eigenvalue weighted by Gasteiger charge is -2.50. The Bertz CT molecular complexity index is 2990. The van der Waals surface area contributed by atoms with Gasteiger partial charge in [0.15, 0.2) is 5.58 Å². The molecule has 11 heteroatoms. The summed E-state index contributed by atoms with van der Waals surface area (Å²) in [6, 6.07) is 45.9. The summed E-state index contributed by atoms with van der Waals surface area (Å²) in [5.74, 6) is -4.91. The normalized spacial score (nSPS) is 23.8. The Morgan fingerprint density at radius 3 is 2.23 bits per heavy atom. The zero-order valence-electron chi connectivity index (χ0n) is 34.8. The number of benzene rings is 6. The van der Waals surface area contributed by atoms with Gasteiger partial charge in [0.2, 0.25) is 17.7 Å². The van der Waals surface area contributed by atoms with E-state index in [0.29, 0.717) is 45.3 Å². The number of phenolic OH excluding ortho intramolecular Hbond substituents is 1. The van der Waals surface area contributed by atoms with Crippen LogP contribution in [0.25, 0.3) is 22.6 Å². The number of aromatic nitrogens is 1. The van der Waals surface area contributed by atoms with E-state index >= 15 is 9.59 Å². The lowest BCUT2D eigenvalue weighted by Crippen LogP contribution is -2.53. The van der Waals surface area contributed by atoms with Crippen LogP contribution in [0.5, 0.6) is 11.5 Å². The molecule has 6 unspecified atom stereocenters. The molecule has 4 aliphatic rings. The molecule has 0 bridgehead atoms. The first-order valence-electron chi connectivity index (χ1n) is 21.5. The summed E-state index contributed by atoms with van der Waals surface area (Å²) in [6.07, 6.45) is 2.34. The van der Waals surface area contributed by atoms with E-state index in [0.717, 1.165) is 27.2 Å². The number of hydrogen-bond donors (Lipinski definition) is 2. The zero-order valence-corrected chi connectivity index (χ0v) is 34.8. The number of carbonyl (C=O) groups excluding carboxylic acids is 4. The van der Waals surface area contributed by atoms with Crippen molar-refractivity contribution in [3.63, 3.8) is 0 Å². The van der Waals surface area contributed by atoms with Crippen LogP contribution in [-0.2, 0) is 31.2 Å². The van der Waals surface area contributed by atoms with E-state index in [1.165, 1.54) is 4.90 Å². The minimum atomic E-state index is -1.54. The molecule has 6 atom stereocenters. The molecular formula is C53H42N4O7. The van der Waals surface area contributed by atoms with E-state index in [-0.39, 0.29) is 37.0 Å². The Balaban J connectivity index is 1.00.